The zero-order valence-corrected chi connectivity index (χ0v) is 17.9. The molecule has 0 bridgehead atoms. The number of carbonyl (C=O) groups excluding carboxylic acids is 1. The molecule has 3 aromatic rings. The SMILES string of the molecule is COc1ccc(NC(=O)c2nnc(CN3CCC(Cc4ccccc4)CC3)s2)cc1. The van der Waals surface area contributed by atoms with Gasteiger partial charge in [-0.05, 0) is 68.1 Å². The minimum absolute atomic E-state index is 0.231. The van der Waals surface area contributed by atoms with E-state index in [1.165, 1.54) is 29.7 Å². The fourth-order valence-electron chi connectivity index (χ4n) is 3.76. The minimum atomic E-state index is -0.231. The zero-order chi connectivity index (χ0) is 20.8. The summed E-state index contributed by atoms with van der Waals surface area (Å²) in [6, 6.07) is 17.9. The number of hydrogen-bond donors (Lipinski definition) is 1. The van der Waals surface area contributed by atoms with Crippen LogP contribution in [-0.2, 0) is 13.0 Å². The number of piperidine rings is 1. The van der Waals surface area contributed by atoms with Crippen LogP contribution in [0.3, 0.4) is 0 Å². The first-order chi connectivity index (χ1) is 14.7. The van der Waals surface area contributed by atoms with E-state index in [2.05, 4.69) is 50.7 Å². The van der Waals surface area contributed by atoms with Gasteiger partial charge >= 0.3 is 0 Å². The van der Waals surface area contributed by atoms with Gasteiger partial charge in [-0.1, -0.05) is 41.7 Å². The van der Waals surface area contributed by atoms with Gasteiger partial charge in [-0.15, -0.1) is 10.2 Å². The van der Waals surface area contributed by atoms with Crippen LogP contribution in [0.2, 0.25) is 0 Å². The Hall–Kier alpha value is -2.77. The van der Waals surface area contributed by atoms with E-state index in [0.29, 0.717) is 10.7 Å². The Bertz CT molecular complexity index is 951. The van der Waals surface area contributed by atoms with Crippen molar-refractivity contribution in [3.63, 3.8) is 0 Å². The number of aromatic nitrogens is 2. The van der Waals surface area contributed by atoms with Gasteiger partial charge in [0, 0.05) is 5.69 Å². The van der Waals surface area contributed by atoms with E-state index in [1.807, 2.05) is 12.1 Å². The van der Waals surface area contributed by atoms with Gasteiger partial charge in [-0.2, -0.15) is 0 Å². The van der Waals surface area contributed by atoms with Gasteiger partial charge in [0.25, 0.3) is 5.91 Å². The molecule has 0 saturated carbocycles. The molecular weight excluding hydrogens is 396 g/mol. The van der Waals surface area contributed by atoms with Crippen molar-refractivity contribution in [1.29, 1.82) is 0 Å². The Labute approximate surface area is 180 Å². The summed E-state index contributed by atoms with van der Waals surface area (Å²) in [5.74, 6) is 1.26. The van der Waals surface area contributed by atoms with E-state index in [9.17, 15) is 4.79 Å². The summed E-state index contributed by atoms with van der Waals surface area (Å²) < 4.78 is 5.13. The third-order valence-electron chi connectivity index (χ3n) is 5.44. The molecule has 0 radical (unpaired) electrons. The van der Waals surface area contributed by atoms with Gasteiger partial charge in [0.2, 0.25) is 5.01 Å². The van der Waals surface area contributed by atoms with Crippen LogP contribution in [0.4, 0.5) is 5.69 Å². The molecule has 2 heterocycles. The van der Waals surface area contributed by atoms with Gasteiger partial charge in [0.15, 0.2) is 0 Å². The van der Waals surface area contributed by atoms with E-state index in [0.717, 1.165) is 42.7 Å². The first-order valence-electron chi connectivity index (χ1n) is 10.2. The van der Waals surface area contributed by atoms with E-state index >= 15 is 0 Å². The van der Waals surface area contributed by atoms with Crippen molar-refractivity contribution >= 4 is 22.9 Å². The number of nitrogens with one attached hydrogen (secondary N) is 1. The zero-order valence-electron chi connectivity index (χ0n) is 17.1. The molecule has 1 saturated heterocycles. The highest BCUT2D eigenvalue weighted by Crippen LogP contribution is 2.24. The van der Waals surface area contributed by atoms with Gasteiger partial charge in [-0.25, -0.2) is 0 Å². The summed E-state index contributed by atoms with van der Waals surface area (Å²) in [7, 11) is 1.61. The topological polar surface area (TPSA) is 67.3 Å². The van der Waals surface area contributed by atoms with Crippen molar-refractivity contribution in [2.75, 3.05) is 25.5 Å². The van der Waals surface area contributed by atoms with Crippen molar-refractivity contribution in [2.45, 2.75) is 25.8 Å². The summed E-state index contributed by atoms with van der Waals surface area (Å²) in [5, 5.41) is 12.5. The number of amides is 1. The van der Waals surface area contributed by atoms with E-state index in [1.54, 1.807) is 19.2 Å². The summed E-state index contributed by atoms with van der Waals surface area (Å²) in [5.41, 5.74) is 2.13. The molecule has 1 fully saturated rings. The summed E-state index contributed by atoms with van der Waals surface area (Å²) >= 11 is 1.36. The fourth-order valence-corrected chi connectivity index (χ4v) is 4.53. The summed E-state index contributed by atoms with van der Waals surface area (Å²) in [4.78, 5) is 14.9. The Kier molecular flexibility index (Phi) is 6.71. The largest absolute Gasteiger partial charge is 0.497 e. The highest BCUT2D eigenvalue weighted by Gasteiger charge is 2.21. The van der Waals surface area contributed by atoms with Gasteiger partial charge in [0.1, 0.15) is 10.8 Å². The second-order valence-corrected chi connectivity index (χ2v) is 8.65. The maximum absolute atomic E-state index is 12.4. The molecule has 0 aliphatic carbocycles. The van der Waals surface area contributed by atoms with Crippen LogP contribution in [-0.4, -0.2) is 41.2 Å². The van der Waals surface area contributed by atoms with Crippen molar-refractivity contribution in [1.82, 2.24) is 15.1 Å². The molecule has 1 aliphatic rings. The maximum Gasteiger partial charge on any atom is 0.286 e. The normalized spacial score (nSPS) is 15.1. The monoisotopic (exact) mass is 422 g/mol. The number of benzene rings is 2. The Morgan fingerprint density at radius 1 is 1.10 bits per heavy atom. The van der Waals surface area contributed by atoms with Crippen LogP contribution >= 0.6 is 11.3 Å². The second-order valence-electron chi connectivity index (χ2n) is 7.59. The molecule has 0 unspecified atom stereocenters. The number of nitrogens with zero attached hydrogens (tertiary/aromatic N) is 3. The van der Waals surface area contributed by atoms with Gasteiger partial charge in [0.05, 0.1) is 13.7 Å². The molecule has 1 N–H and O–H groups in total. The fraction of sp³-hybridized carbons (Fsp3) is 0.348. The molecule has 30 heavy (non-hydrogen) atoms. The van der Waals surface area contributed by atoms with Crippen molar-refractivity contribution in [3.05, 3.63) is 70.2 Å². The minimum Gasteiger partial charge on any atom is -0.497 e. The van der Waals surface area contributed by atoms with E-state index in [4.69, 9.17) is 4.74 Å². The van der Waals surface area contributed by atoms with Crippen LogP contribution in [0.1, 0.15) is 33.2 Å². The van der Waals surface area contributed by atoms with Crippen molar-refractivity contribution in [3.8, 4) is 5.75 Å². The molecule has 4 rings (SSSR count). The number of methoxy groups -OCH3 is 1. The first-order valence-corrected chi connectivity index (χ1v) is 11.1. The quantitative estimate of drug-likeness (QED) is 0.616. The van der Waals surface area contributed by atoms with Crippen LogP contribution in [0.5, 0.6) is 5.75 Å². The number of hydrogen-bond acceptors (Lipinski definition) is 6. The third kappa shape index (κ3) is 5.43. The highest BCUT2D eigenvalue weighted by molar-refractivity contribution is 7.13. The maximum atomic E-state index is 12.4. The van der Waals surface area contributed by atoms with Crippen LogP contribution in [0, 0.1) is 5.92 Å². The lowest BCUT2D eigenvalue weighted by molar-refractivity contribution is 0.102. The Morgan fingerprint density at radius 2 is 1.83 bits per heavy atom. The van der Waals surface area contributed by atoms with Gasteiger partial charge in [-0.3, -0.25) is 9.69 Å². The van der Waals surface area contributed by atoms with Crippen LogP contribution < -0.4 is 10.1 Å². The molecule has 1 amide bonds. The standard InChI is InChI=1S/C23H26N4O2S/c1-29-20-9-7-19(8-10-20)24-22(28)23-26-25-21(30-23)16-27-13-11-18(12-14-27)15-17-5-3-2-4-6-17/h2-10,18H,11-16H2,1H3,(H,24,28). The molecule has 0 spiro atoms. The third-order valence-corrected chi connectivity index (χ3v) is 6.35. The van der Waals surface area contributed by atoms with Gasteiger partial charge < -0.3 is 10.1 Å². The molecule has 0 atom stereocenters. The highest BCUT2D eigenvalue weighted by atomic mass is 32.1. The number of anilines is 1. The Morgan fingerprint density at radius 3 is 2.53 bits per heavy atom. The van der Waals surface area contributed by atoms with Crippen molar-refractivity contribution in [2.24, 2.45) is 5.92 Å². The van der Waals surface area contributed by atoms with Crippen LogP contribution in [0.15, 0.2) is 54.6 Å². The molecule has 1 aromatic heterocycles. The molecule has 2 aromatic carbocycles. The van der Waals surface area contributed by atoms with E-state index < -0.39 is 0 Å². The number of carbonyl (C=O) groups is 1. The molecule has 1 aliphatic heterocycles. The molecular formula is C23H26N4O2S. The lowest BCUT2D eigenvalue weighted by atomic mass is 9.90. The average Bonchev–Trinajstić information content (AvgIpc) is 3.25. The molecule has 7 heteroatoms. The lowest BCUT2D eigenvalue weighted by Crippen LogP contribution is -2.33. The molecule has 6 nitrogen and oxygen atoms in total. The Balaban J connectivity index is 1.25. The predicted molar refractivity (Wildman–Crippen MR) is 119 cm³/mol. The average molecular weight is 423 g/mol. The lowest BCUT2D eigenvalue weighted by Gasteiger charge is -2.31. The summed E-state index contributed by atoms with van der Waals surface area (Å²) in [6.45, 7) is 2.88. The predicted octanol–water partition coefficient (Wildman–Crippen LogP) is 4.25. The van der Waals surface area contributed by atoms with E-state index in [-0.39, 0.29) is 5.91 Å². The van der Waals surface area contributed by atoms with Crippen LogP contribution in [0.25, 0.3) is 0 Å². The number of rotatable bonds is 7. The molecule has 156 valence electrons. The number of ether oxygens (including phenoxy) is 1. The second kappa shape index (κ2) is 9.82. The number of likely N-dealkylation sites (tertiary alicyclic amines) is 1. The van der Waals surface area contributed by atoms with Crippen molar-refractivity contribution < 1.29 is 9.53 Å². The first kappa shape index (κ1) is 20.5. The summed E-state index contributed by atoms with van der Waals surface area (Å²) in [6.07, 6.45) is 3.54. The smallest absolute Gasteiger partial charge is 0.286 e.